The Kier molecular flexibility index (Phi) is 5.16. The van der Waals surface area contributed by atoms with Crippen molar-refractivity contribution in [2.75, 3.05) is 17.3 Å². The monoisotopic (exact) mass is 362 g/mol. The quantitative estimate of drug-likeness (QED) is 0.709. The van der Waals surface area contributed by atoms with E-state index in [4.69, 9.17) is 18.0 Å². The highest BCUT2D eigenvalue weighted by molar-refractivity contribution is 6.33. The molecule has 0 radical (unpaired) electrons. The van der Waals surface area contributed by atoms with Gasteiger partial charge in [-0.3, -0.25) is 4.79 Å². The van der Waals surface area contributed by atoms with Gasteiger partial charge in [0.25, 0.3) is 5.91 Å². The Bertz CT molecular complexity index is 983. The molecule has 0 aliphatic heterocycles. The summed E-state index contributed by atoms with van der Waals surface area (Å²) in [5.74, 6) is 2.27. The van der Waals surface area contributed by atoms with E-state index in [1.54, 1.807) is 54.9 Å². The number of terminal acetylenes is 1. The Morgan fingerprint density at radius 3 is 2.69 bits per heavy atom. The van der Waals surface area contributed by atoms with Crippen LogP contribution >= 0.6 is 11.6 Å². The van der Waals surface area contributed by atoms with Gasteiger partial charge in [0.05, 0.1) is 28.8 Å². The molecular formula is C20H15ClN4O. The van der Waals surface area contributed by atoms with E-state index in [1.807, 2.05) is 11.9 Å². The average Bonchev–Trinajstić information content (AvgIpc) is 2.69. The maximum Gasteiger partial charge on any atom is 0.255 e. The molecule has 0 aliphatic rings. The SMILES string of the molecule is C#Cc1cccc(C(=O)Nc2ccc(Cl)c(N(C)c3cncnc3)c2)c1. The third-order valence-corrected chi connectivity index (χ3v) is 4.11. The van der Waals surface area contributed by atoms with E-state index >= 15 is 0 Å². The highest BCUT2D eigenvalue weighted by atomic mass is 35.5. The molecule has 1 N–H and O–H groups in total. The summed E-state index contributed by atoms with van der Waals surface area (Å²) in [4.78, 5) is 22.3. The standard InChI is InChI=1S/C20H15ClN4O/c1-3-14-5-4-6-15(9-14)20(26)24-16-7-8-18(21)19(10-16)25(2)17-11-22-13-23-12-17/h1,4-13H,2H3,(H,24,26). The number of amides is 1. The topological polar surface area (TPSA) is 58.1 Å². The van der Waals surface area contributed by atoms with Gasteiger partial charge in [-0.1, -0.05) is 23.6 Å². The summed E-state index contributed by atoms with van der Waals surface area (Å²) in [6.45, 7) is 0. The van der Waals surface area contributed by atoms with Crippen LogP contribution in [-0.2, 0) is 0 Å². The fourth-order valence-corrected chi connectivity index (χ4v) is 2.65. The largest absolute Gasteiger partial charge is 0.341 e. The molecule has 0 atom stereocenters. The van der Waals surface area contributed by atoms with E-state index < -0.39 is 0 Å². The van der Waals surface area contributed by atoms with Gasteiger partial charge in [0.1, 0.15) is 6.33 Å². The second kappa shape index (κ2) is 7.68. The minimum absolute atomic E-state index is 0.249. The maximum atomic E-state index is 12.5. The van der Waals surface area contributed by atoms with Crippen LogP contribution in [0.2, 0.25) is 5.02 Å². The predicted octanol–water partition coefficient (Wildman–Crippen LogP) is 4.13. The maximum absolute atomic E-state index is 12.5. The van der Waals surface area contributed by atoms with Crippen LogP contribution in [0.5, 0.6) is 0 Å². The first-order valence-electron chi connectivity index (χ1n) is 7.75. The molecule has 1 amide bonds. The van der Waals surface area contributed by atoms with Crippen LogP contribution in [-0.4, -0.2) is 22.9 Å². The van der Waals surface area contributed by atoms with Crippen molar-refractivity contribution in [3.8, 4) is 12.3 Å². The van der Waals surface area contributed by atoms with Crippen molar-refractivity contribution in [1.82, 2.24) is 9.97 Å². The number of rotatable bonds is 4. The molecule has 1 heterocycles. The Balaban J connectivity index is 1.85. The van der Waals surface area contributed by atoms with Crippen LogP contribution in [0.1, 0.15) is 15.9 Å². The van der Waals surface area contributed by atoms with Crippen LogP contribution in [0.3, 0.4) is 0 Å². The number of anilines is 3. The molecule has 128 valence electrons. The molecule has 0 bridgehead atoms. The Morgan fingerprint density at radius 2 is 1.96 bits per heavy atom. The third kappa shape index (κ3) is 3.82. The lowest BCUT2D eigenvalue weighted by Gasteiger charge is -2.20. The van der Waals surface area contributed by atoms with Gasteiger partial charge in [-0.25, -0.2) is 9.97 Å². The number of hydrogen-bond acceptors (Lipinski definition) is 4. The number of carbonyl (C=O) groups is 1. The van der Waals surface area contributed by atoms with Crippen LogP contribution < -0.4 is 10.2 Å². The molecule has 3 aromatic rings. The minimum Gasteiger partial charge on any atom is -0.341 e. The third-order valence-electron chi connectivity index (χ3n) is 3.79. The Labute approximate surface area is 156 Å². The molecule has 0 fully saturated rings. The Hall–Kier alpha value is -3.36. The zero-order valence-electron chi connectivity index (χ0n) is 14.0. The first-order valence-corrected chi connectivity index (χ1v) is 8.12. The fourth-order valence-electron chi connectivity index (χ4n) is 2.40. The number of nitrogens with one attached hydrogen (secondary N) is 1. The first-order chi connectivity index (χ1) is 12.6. The van der Waals surface area contributed by atoms with Gasteiger partial charge in [0.2, 0.25) is 0 Å². The smallest absolute Gasteiger partial charge is 0.255 e. The number of benzene rings is 2. The molecule has 0 saturated carbocycles. The zero-order valence-corrected chi connectivity index (χ0v) is 14.7. The van der Waals surface area contributed by atoms with E-state index in [9.17, 15) is 4.79 Å². The molecule has 2 aromatic carbocycles. The lowest BCUT2D eigenvalue weighted by molar-refractivity contribution is 0.102. The summed E-state index contributed by atoms with van der Waals surface area (Å²) in [7, 11) is 1.85. The van der Waals surface area contributed by atoms with Crippen LogP contribution in [0, 0.1) is 12.3 Å². The molecule has 3 rings (SSSR count). The van der Waals surface area contributed by atoms with E-state index in [0.29, 0.717) is 21.8 Å². The van der Waals surface area contributed by atoms with Crippen molar-refractivity contribution in [3.05, 3.63) is 77.3 Å². The molecule has 0 saturated heterocycles. The first kappa shape index (κ1) is 17.5. The van der Waals surface area contributed by atoms with E-state index in [2.05, 4.69) is 21.2 Å². The van der Waals surface area contributed by atoms with Gasteiger partial charge in [-0.15, -0.1) is 6.42 Å². The number of carbonyl (C=O) groups excluding carboxylic acids is 1. The summed E-state index contributed by atoms with van der Waals surface area (Å²) in [6.07, 6.45) is 10.2. The number of nitrogens with zero attached hydrogens (tertiary/aromatic N) is 3. The molecule has 0 unspecified atom stereocenters. The second-order valence-electron chi connectivity index (χ2n) is 5.50. The summed E-state index contributed by atoms with van der Waals surface area (Å²) in [6, 6.07) is 12.2. The average molecular weight is 363 g/mol. The van der Waals surface area contributed by atoms with Gasteiger partial charge >= 0.3 is 0 Å². The van der Waals surface area contributed by atoms with Crippen LogP contribution in [0.4, 0.5) is 17.1 Å². The zero-order chi connectivity index (χ0) is 18.5. The summed E-state index contributed by atoms with van der Waals surface area (Å²) in [5.41, 5.74) is 3.25. The fraction of sp³-hybridized carbons (Fsp3) is 0.0500. The van der Waals surface area contributed by atoms with E-state index in [1.165, 1.54) is 6.33 Å². The molecule has 1 aromatic heterocycles. The van der Waals surface area contributed by atoms with Gasteiger partial charge in [-0.2, -0.15) is 0 Å². The van der Waals surface area contributed by atoms with Gasteiger partial charge in [-0.05, 0) is 36.4 Å². The highest BCUT2D eigenvalue weighted by Crippen LogP contribution is 2.32. The van der Waals surface area contributed by atoms with Crippen molar-refractivity contribution >= 4 is 34.6 Å². The van der Waals surface area contributed by atoms with Gasteiger partial charge < -0.3 is 10.2 Å². The number of hydrogen-bond donors (Lipinski definition) is 1. The molecular weight excluding hydrogens is 348 g/mol. The Morgan fingerprint density at radius 1 is 1.19 bits per heavy atom. The summed E-state index contributed by atoms with van der Waals surface area (Å²) < 4.78 is 0. The molecule has 0 spiro atoms. The van der Waals surface area contributed by atoms with Crippen molar-refractivity contribution in [2.24, 2.45) is 0 Å². The molecule has 5 nitrogen and oxygen atoms in total. The summed E-state index contributed by atoms with van der Waals surface area (Å²) >= 11 is 6.32. The predicted molar refractivity (Wildman–Crippen MR) is 104 cm³/mol. The van der Waals surface area contributed by atoms with Gasteiger partial charge in [0, 0.05) is 23.9 Å². The normalized spacial score (nSPS) is 10.0. The minimum atomic E-state index is -0.249. The lowest BCUT2D eigenvalue weighted by Crippen LogP contribution is -2.14. The van der Waals surface area contributed by atoms with Crippen molar-refractivity contribution in [3.63, 3.8) is 0 Å². The number of aromatic nitrogens is 2. The molecule has 0 aliphatic carbocycles. The number of halogens is 1. The second-order valence-corrected chi connectivity index (χ2v) is 5.91. The van der Waals surface area contributed by atoms with E-state index in [-0.39, 0.29) is 5.91 Å². The van der Waals surface area contributed by atoms with Crippen LogP contribution in [0.25, 0.3) is 0 Å². The van der Waals surface area contributed by atoms with Crippen LogP contribution in [0.15, 0.2) is 61.2 Å². The highest BCUT2D eigenvalue weighted by Gasteiger charge is 2.12. The van der Waals surface area contributed by atoms with Crippen molar-refractivity contribution < 1.29 is 4.79 Å². The summed E-state index contributed by atoms with van der Waals surface area (Å²) in [5, 5.41) is 3.40. The molecule has 6 heteroatoms. The van der Waals surface area contributed by atoms with E-state index in [0.717, 1.165) is 11.4 Å². The van der Waals surface area contributed by atoms with Gasteiger partial charge in [0.15, 0.2) is 0 Å². The van der Waals surface area contributed by atoms with Crippen molar-refractivity contribution in [1.29, 1.82) is 0 Å². The lowest BCUT2D eigenvalue weighted by atomic mass is 10.1. The van der Waals surface area contributed by atoms with Crippen molar-refractivity contribution in [2.45, 2.75) is 0 Å². The molecule has 26 heavy (non-hydrogen) atoms.